The van der Waals surface area contributed by atoms with Crippen LogP contribution in [0.2, 0.25) is 0 Å². The molecule has 0 fully saturated rings. The Balaban J connectivity index is 1.24. The Hall–Kier alpha value is -6.76. The van der Waals surface area contributed by atoms with Crippen LogP contribution in [0.3, 0.4) is 0 Å². The highest BCUT2D eigenvalue weighted by molar-refractivity contribution is 6.01. The Labute approximate surface area is 364 Å². The smallest absolute Gasteiger partial charge is 0.145 e. The Morgan fingerprint density at radius 3 is 1.19 bits per heavy atom. The molecule has 6 heteroatoms. The lowest BCUT2D eigenvalue weighted by atomic mass is 10.0. The van der Waals surface area contributed by atoms with Gasteiger partial charge in [-0.15, -0.1) is 0 Å². The molecule has 0 spiro atoms. The maximum atomic E-state index is 9.06. The molecule has 0 aliphatic carbocycles. The van der Waals surface area contributed by atoms with E-state index < -0.39 is 0 Å². The Morgan fingerprint density at radius 1 is 0.387 bits per heavy atom. The molecule has 310 valence electrons. The number of aromatic nitrogens is 4. The highest BCUT2D eigenvalue weighted by atomic mass is 16.5. The SMILES string of the molecule is OCCCCCCCCCCCCOc1cc2[nH]c1c(-c1ccccc1)c1nc(c(-c3ccccc3)c3ccc([nH]3)c(-c3ccccc3)c3nc(c2-c2ccccc2)C=C3)C=C1. The molecular weight excluding hydrogens is 761 g/mol. The highest BCUT2D eigenvalue weighted by Crippen LogP contribution is 2.41. The molecule has 5 heterocycles. The Morgan fingerprint density at radius 2 is 0.758 bits per heavy atom. The van der Waals surface area contributed by atoms with Gasteiger partial charge in [-0.2, -0.15) is 0 Å². The molecule has 7 aromatic rings. The molecule has 3 aromatic heterocycles. The first-order valence-corrected chi connectivity index (χ1v) is 22.4. The summed E-state index contributed by atoms with van der Waals surface area (Å²) < 4.78 is 6.87. The number of rotatable bonds is 17. The number of nitrogens with zero attached hydrogens (tertiary/aromatic N) is 2. The van der Waals surface area contributed by atoms with E-state index in [0.717, 1.165) is 121 Å². The minimum atomic E-state index is 0.307. The van der Waals surface area contributed by atoms with Gasteiger partial charge in [-0.05, 0) is 71.5 Å². The molecular formula is C56H54N4O2. The van der Waals surface area contributed by atoms with Crippen LogP contribution in [0.1, 0.15) is 87.0 Å². The van der Waals surface area contributed by atoms with Crippen molar-refractivity contribution in [3.63, 3.8) is 0 Å². The van der Waals surface area contributed by atoms with E-state index in [2.05, 4.69) is 174 Å². The van der Waals surface area contributed by atoms with Gasteiger partial charge < -0.3 is 19.8 Å². The standard InChI is InChI=1S/C56H54N4O2/c61-37-21-7-5-3-1-2-4-6-8-22-38-62-51-39-50-54(42-27-17-11-18-28-42)48-34-33-46(58-48)52(40-23-13-9-14-24-40)44-31-32-45(57-44)53(41-25-15-10-16-26-41)47-35-36-49(59-47)55(56(51)60-50)43-29-19-12-20-30-43/h9-20,23-36,39,57,60-61H,1-8,21-22,37-38H2. The fourth-order valence-electron chi connectivity index (χ4n) is 8.81. The first-order chi connectivity index (χ1) is 30.7. The number of nitrogens with one attached hydrogen (secondary N) is 2. The van der Waals surface area contributed by atoms with E-state index in [0.29, 0.717) is 13.2 Å². The normalized spacial score (nSPS) is 12.0. The van der Waals surface area contributed by atoms with Crippen molar-refractivity contribution in [3.05, 3.63) is 162 Å². The van der Waals surface area contributed by atoms with Crippen LogP contribution in [-0.2, 0) is 0 Å². The maximum Gasteiger partial charge on any atom is 0.145 e. The van der Waals surface area contributed by atoms with E-state index in [4.69, 9.17) is 19.8 Å². The van der Waals surface area contributed by atoms with Gasteiger partial charge in [-0.25, -0.2) is 9.97 Å². The van der Waals surface area contributed by atoms with Crippen molar-refractivity contribution in [3.8, 4) is 50.3 Å². The Kier molecular flexibility index (Phi) is 12.9. The number of hydrogen-bond acceptors (Lipinski definition) is 4. The van der Waals surface area contributed by atoms with Gasteiger partial charge >= 0.3 is 0 Å². The third-order valence-electron chi connectivity index (χ3n) is 11.9. The van der Waals surface area contributed by atoms with Crippen LogP contribution in [-0.4, -0.2) is 38.3 Å². The quantitative estimate of drug-likeness (QED) is 0.0799. The fourth-order valence-corrected chi connectivity index (χ4v) is 8.81. The molecule has 9 rings (SSSR count). The molecule has 0 atom stereocenters. The molecule has 0 radical (unpaired) electrons. The van der Waals surface area contributed by atoms with Gasteiger partial charge in [0.15, 0.2) is 0 Å². The second-order valence-electron chi connectivity index (χ2n) is 16.2. The lowest BCUT2D eigenvalue weighted by Gasteiger charge is -2.09. The van der Waals surface area contributed by atoms with Crippen LogP contribution >= 0.6 is 0 Å². The van der Waals surface area contributed by atoms with Crippen LogP contribution in [0.4, 0.5) is 0 Å². The number of H-pyrrole nitrogens is 2. The monoisotopic (exact) mass is 814 g/mol. The van der Waals surface area contributed by atoms with Crippen molar-refractivity contribution in [2.75, 3.05) is 13.2 Å². The molecule has 3 N–H and O–H groups in total. The largest absolute Gasteiger partial charge is 0.491 e. The Bertz CT molecular complexity index is 2820. The molecule has 8 bridgehead atoms. The van der Waals surface area contributed by atoms with Gasteiger partial charge in [0, 0.05) is 46.0 Å². The van der Waals surface area contributed by atoms with Crippen molar-refractivity contribution in [1.82, 2.24) is 19.9 Å². The lowest BCUT2D eigenvalue weighted by molar-refractivity contribution is 0.282. The van der Waals surface area contributed by atoms with Gasteiger partial charge in [0.1, 0.15) is 5.75 Å². The van der Waals surface area contributed by atoms with E-state index in [1.807, 2.05) is 0 Å². The van der Waals surface area contributed by atoms with Crippen LogP contribution in [0.25, 0.3) is 90.9 Å². The number of fused-ring (bicyclic) bond motifs is 8. The van der Waals surface area contributed by atoms with Crippen LogP contribution in [0.5, 0.6) is 5.75 Å². The number of aliphatic hydroxyl groups is 1. The number of unbranched alkanes of at least 4 members (excludes halogenated alkanes) is 9. The van der Waals surface area contributed by atoms with Crippen LogP contribution in [0.15, 0.2) is 140 Å². The second kappa shape index (κ2) is 19.7. The number of aromatic amines is 2. The summed E-state index contributed by atoms with van der Waals surface area (Å²) >= 11 is 0. The number of benzene rings is 4. The summed E-state index contributed by atoms with van der Waals surface area (Å²) in [5.41, 5.74) is 15.6. The third kappa shape index (κ3) is 9.12. The first-order valence-electron chi connectivity index (χ1n) is 22.4. The lowest BCUT2D eigenvalue weighted by Crippen LogP contribution is -1.97. The average molecular weight is 815 g/mol. The topological polar surface area (TPSA) is 86.8 Å². The molecule has 0 saturated heterocycles. The maximum absolute atomic E-state index is 9.06. The minimum Gasteiger partial charge on any atom is -0.491 e. The summed E-state index contributed by atoms with van der Waals surface area (Å²) in [7, 11) is 0. The summed E-state index contributed by atoms with van der Waals surface area (Å²) in [5, 5.41) is 9.06. The van der Waals surface area contributed by atoms with Crippen molar-refractivity contribution in [2.45, 2.75) is 64.2 Å². The number of ether oxygens (including phenoxy) is 1. The van der Waals surface area contributed by atoms with E-state index >= 15 is 0 Å². The predicted molar refractivity (Wildman–Crippen MR) is 259 cm³/mol. The van der Waals surface area contributed by atoms with Crippen molar-refractivity contribution >= 4 is 46.4 Å². The van der Waals surface area contributed by atoms with Gasteiger partial charge in [-0.3, -0.25) is 0 Å². The molecule has 0 amide bonds. The van der Waals surface area contributed by atoms with Gasteiger partial charge in [0.05, 0.1) is 40.4 Å². The van der Waals surface area contributed by atoms with Crippen molar-refractivity contribution < 1.29 is 9.84 Å². The van der Waals surface area contributed by atoms with Crippen molar-refractivity contribution in [2.24, 2.45) is 0 Å². The molecule has 2 aliphatic rings. The summed E-state index contributed by atoms with van der Waals surface area (Å²) in [6.45, 7) is 0.921. The van der Waals surface area contributed by atoms with E-state index in [1.54, 1.807) is 0 Å². The van der Waals surface area contributed by atoms with Crippen LogP contribution < -0.4 is 4.74 Å². The second-order valence-corrected chi connectivity index (χ2v) is 16.2. The van der Waals surface area contributed by atoms with E-state index in [9.17, 15) is 0 Å². The first kappa shape index (κ1) is 40.6. The minimum absolute atomic E-state index is 0.307. The molecule has 0 saturated carbocycles. The number of aliphatic hydroxyl groups excluding tert-OH is 1. The van der Waals surface area contributed by atoms with E-state index in [-0.39, 0.29) is 0 Å². The summed E-state index contributed by atoms with van der Waals surface area (Å²) in [6, 6.07) is 48.7. The molecule has 4 aromatic carbocycles. The molecule has 62 heavy (non-hydrogen) atoms. The van der Waals surface area contributed by atoms with Gasteiger partial charge in [-0.1, -0.05) is 173 Å². The molecule has 0 unspecified atom stereocenters. The van der Waals surface area contributed by atoms with Gasteiger partial charge in [0.25, 0.3) is 0 Å². The van der Waals surface area contributed by atoms with Gasteiger partial charge in [0.2, 0.25) is 0 Å². The molecule has 6 nitrogen and oxygen atoms in total. The van der Waals surface area contributed by atoms with Crippen LogP contribution in [0, 0.1) is 0 Å². The highest BCUT2D eigenvalue weighted by Gasteiger charge is 2.21. The summed E-state index contributed by atoms with van der Waals surface area (Å²) in [5.74, 6) is 0.799. The number of hydrogen-bond donors (Lipinski definition) is 3. The fraction of sp³-hybridized carbons (Fsp3) is 0.214. The summed E-state index contributed by atoms with van der Waals surface area (Å²) in [4.78, 5) is 18.7. The zero-order valence-corrected chi connectivity index (χ0v) is 35.3. The zero-order valence-electron chi connectivity index (χ0n) is 35.3. The summed E-state index contributed by atoms with van der Waals surface area (Å²) in [6.07, 6.45) is 20.2. The van der Waals surface area contributed by atoms with E-state index in [1.165, 1.54) is 38.5 Å². The third-order valence-corrected chi connectivity index (χ3v) is 11.9. The predicted octanol–water partition coefficient (Wildman–Crippen LogP) is 14.6. The van der Waals surface area contributed by atoms with Crippen molar-refractivity contribution in [1.29, 1.82) is 0 Å². The average Bonchev–Trinajstić information content (AvgIpc) is 4.16. The zero-order chi connectivity index (χ0) is 41.9. The molecule has 2 aliphatic heterocycles.